The molecule has 1 fully saturated rings. The number of benzene rings is 1. The van der Waals surface area contributed by atoms with Gasteiger partial charge in [-0.2, -0.15) is 13.2 Å². The van der Waals surface area contributed by atoms with Crippen LogP contribution in [0.4, 0.5) is 17.6 Å². The van der Waals surface area contributed by atoms with Gasteiger partial charge in [-0.05, 0) is 17.7 Å². The monoisotopic (exact) mass is 390 g/mol. The van der Waals surface area contributed by atoms with Crippen molar-refractivity contribution in [2.24, 2.45) is 5.92 Å². The highest BCUT2D eigenvalue weighted by Gasteiger charge is 2.41. The van der Waals surface area contributed by atoms with Gasteiger partial charge in [0.25, 0.3) is 0 Å². The number of alkyl halides is 3. The normalized spacial score (nSPS) is 18.3. The lowest BCUT2D eigenvalue weighted by Crippen LogP contribution is -2.38. The largest absolute Gasteiger partial charge is 0.469 e. The zero-order valence-corrected chi connectivity index (χ0v) is 14.4. The number of hydrogen-bond acceptors (Lipinski definition) is 4. The minimum Gasteiger partial charge on any atom is -0.469 e. The van der Waals surface area contributed by atoms with Gasteiger partial charge in [-0.15, -0.1) is 0 Å². The van der Waals surface area contributed by atoms with E-state index in [1.165, 1.54) is 12.1 Å². The lowest BCUT2D eigenvalue weighted by Gasteiger charge is -2.21. The van der Waals surface area contributed by atoms with Crippen molar-refractivity contribution in [3.8, 4) is 0 Å². The Kier molecular flexibility index (Phi) is 6.40. The number of carbonyl (C=O) groups excluding carboxylic acids is 3. The van der Waals surface area contributed by atoms with Crippen LogP contribution in [0.1, 0.15) is 24.4 Å². The molecule has 6 nitrogen and oxygen atoms in total. The number of methoxy groups -OCH3 is 1. The van der Waals surface area contributed by atoms with E-state index in [9.17, 15) is 31.9 Å². The molecule has 0 spiro atoms. The molecule has 0 aliphatic carbocycles. The van der Waals surface area contributed by atoms with Crippen LogP contribution in [-0.2, 0) is 19.1 Å². The van der Waals surface area contributed by atoms with Gasteiger partial charge in [-0.25, -0.2) is 4.39 Å². The smallest absolute Gasteiger partial charge is 0.406 e. The van der Waals surface area contributed by atoms with Crippen LogP contribution in [0.15, 0.2) is 24.3 Å². The Morgan fingerprint density at radius 1 is 1.30 bits per heavy atom. The fourth-order valence-electron chi connectivity index (χ4n) is 2.80. The first-order chi connectivity index (χ1) is 12.6. The van der Waals surface area contributed by atoms with Crippen molar-refractivity contribution in [1.82, 2.24) is 10.2 Å². The maximum absolute atomic E-state index is 13.1. The van der Waals surface area contributed by atoms with E-state index < -0.39 is 48.3 Å². The van der Waals surface area contributed by atoms with Gasteiger partial charge in [0.1, 0.15) is 12.4 Å². The van der Waals surface area contributed by atoms with Crippen LogP contribution < -0.4 is 5.32 Å². The van der Waals surface area contributed by atoms with Crippen molar-refractivity contribution < 1.29 is 36.7 Å². The summed E-state index contributed by atoms with van der Waals surface area (Å²) in [6.07, 6.45) is -5.15. The van der Waals surface area contributed by atoms with Crippen molar-refractivity contribution in [2.75, 3.05) is 20.2 Å². The fraction of sp³-hybridized carbons (Fsp3) is 0.471. The van der Waals surface area contributed by atoms with Crippen molar-refractivity contribution >= 4 is 17.8 Å². The average Bonchev–Trinajstić information content (AvgIpc) is 2.94. The van der Waals surface area contributed by atoms with Gasteiger partial charge in [0.05, 0.1) is 25.5 Å². The van der Waals surface area contributed by atoms with E-state index in [2.05, 4.69) is 10.1 Å². The topological polar surface area (TPSA) is 75.7 Å². The lowest BCUT2D eigenvalue weighted by molar-refractivity contribution is -0.157. The second-order valence-electron chi connectivity index (χ2n) is 6.18. The molecule has 0 bridgehead atoms. The molecule has 2 rings (SSSR count). The molecule has 1 aliphatic heterocycles. The number of esters is 1. The van der Waals surface area contributed by atoms with E-state index in [4.69, 9.17) is 0 Å². The third kappa shape index (κ3) is 5.93. The molecule has 1 N–H and O–H groups in total. The molecule has 1 aromatic carbocycles. The summed E-state index contributed by atoms with van der Waals surface area (Å²) in [5, 5.41) is 2.54. The van der Waals surface area contributed by atoms with Gasteiger partial charge in [0.15, 0.2) is 0 Å². The summed E-state index contributed by atoms with van der Waals surface area (Å²) >= 11 is 0. The van der Waals surface area contributed by atoms with Crippen LogP contribution in [0.2, 0.25) is 0 Å². The Morgan fingerprint density at radius 3 is 2.48 bits per heavy atom. The zero-order valence-electron chi connectivity index (χ0n) is 14.4. The van der Waals surface area contributed by atoms with E-state index in [0.29, 0.717) is 10.5 Å². The van der Waals surface area contributed by atoms with Crippen molar-refractivity contribution in [3.63, 3.8) is 0 Å². The predicted octanol–water partition coefficient (Wildman–Crippen LogP) is 1.96. The second kappa shape index (κ2) is 8.36. The molecule has 2 amide bonds. The first kappa shape index (κ1) is 20.7. The molecule has 27 heavy (non-hydrogen) atoms. The molecule has 0 saturated carbocycles. The summed E-state index contributed by atoms with van der Waals surface area (Å²) in [6, 6.07) is 4.18. The van der Waals surface area contributed by atoms with E-state index >= 15 is 0 Å². The standard InChI is InChI=1S/C17H18F4N2O4/c1-27-15(25)7-13(10-2-4-12(18)5-3-10)22-16(26)11-6-14(24)23(8-11)9-17(19,20)21/h2-5,11,13H,6-9H2,1H3,(H,22,26). The van der Waals surface area contributed by atoms with Crippen molar-refractivity contribution in [1.29, 1.82) is 0 Å². The molecule has 148 valence electrons. The lowest BCUT2D eigenvalue weighted by atomic mass is 10.0. The molecular formula is C17H18F4N2O4. The number of nitrogens with zero attached hydrogens (tertiary/aromatic N) is 1. The highest BCUT2D eigenvalue weighted by molar-refractivity contribution is 5.89. The van der Waals surface area contributed by atoms with E-state index in [0.717, 1.165) is 19.2 Å². The Balaban J connectivity index is 2.08. The number of hydrogen-bond donors (Lipinski definition) is 1. The number of amides is 2. The van der Waals surface area contributed by atoms with Gasteiger partial charge in [-0.1, -0.05) is 12.1 Å². The number of halogens is 4. The summed E-state index contributed by atoms with van der Waals surface area (Å²) in [6.45, 7) is -1.78. The highest BCUT2D eigenvalue weighted by atomic mass is 19.4. The Bertz CT molecular complexity index is 706. The van der Waals surface area contributed by atoms with Gasteiger partial charge in [0, 0.05) is 13.0 Å². The zero-order chi connectivity index (χ0) is 20.2. The second-order valence-corrected chi connectivity index (χ2v) is 6.18. The average molecular weight is 390 g/mol. The number of rotatable bonds is 6. The van der Waals surface area contributed by atoms with E-state index in [1.54, 1.807) is 0 Å². The summed E-state index contributed by atoms with van der Waals surface area (Å²) in [7, 11) is 1.16. The maximum Gasteiger partial charge on any atom is 0.406 e. The molecular weight excluding hydrogens is 372 g/mol. The Hall–Kier alpha value is -2.65. The summed E-state index contributed by atoms with van der Waals surface area (Å²) in [5.41, 5.74) is 0.423. The number of carbonyl (C=O) groups is 3. The molecule has 0 aromatic heterocycles. The number of ether oxygens (including phenoxy) is 1. The van der Waals surface area contributed by atoms with Gasteiger partial charge in [0.2, 0.25) is 11.8 Å². The van der Waals surface area contributed by atoms with Crippen molar-refractivity contribution in [2.45, 2.75) is 25.1 Å². The first-order valence-electron chi connectivity index (χ1n) is 8.06. The van der Waals surface area contributed by atoms with Crippen LogP contribution in [0, 0.1) is 11.7 Å². The fourth-order valence-corrected chi connectivity index (χ4v) is 2.80. The Labute approximate surface area is 152 Å². The molecule has 1 saturated heterocycles. The molecule has 1 heterocycles. The van der Waals surface area contributed by atoms with Gasteiger partial charge >= 0.3 is 12.1 Å². The van der Waals surface area contributed by atoms with Gasteiger partial charge < -0.3 is 15.0 Å². The predicted molar refractivity (Wildman–Crippen MR) is 84.7 cm³/mol. The summed E-state index contributed by atoms with van der Waals surface area (Å²) < 4.78 is 55.1. The molecule has 2 unspecified atom stereocenters. The molecule has 1 aliphatic rings. The number of likely N-dealkylation sites (tertiary alicyclic amines) is 1. The third-order valence-corrected chi connectivity index (χ3v) is 4.14. The molecule has 2 atom stereocenters. The van der Waals surface area contributed by atoms with Crippen LogP contribution in [0.5, 0.6) is 0 Å². The third-order valence-electron chi connectivity index (χ3n) is 4.14. The van der Waals surface area contributed by atoms with E-state index in [-0.39, 0.29) is 19.4 Å². The number of nitrogens with one attached hydrogen (secondary N) is 1. The molecule has 1 aromatic rings. The van der Waals surface area contributed by atoms with Crippen molar-refractivity contribution in [3.05, 3.63) is 35.6 Å². The van der Waals surface area contributed by atoms with Crippen LogP contribution >= 0.6 is 0 Å². The van der Waals surface area contributed by atoms with Gasteiger partial charge in [-0.3, -0.25) is 14.4 Å². The van der Waals surface area contributed by atoms with Crippen LogP contribution in [0.25, 0.3) is 0 Å². The van der Waals surface area contributed by atoms with Crippen LogP contribution in [0.3, 0.4) is 0 Å². The summed E-state index contributed by atoms with van der Waals surface area (Å²) in [5.74, 6) is -3.54. The van der Waals surface area contributed by atoms with E-state index in [1.807, 2.05) is 0 Å². The maximum atomic E-state index is 13.1. The molecule has 0 radical (unpaired) electrons. The quantitative estimate of drug-likeness (QED) is 0.595. The highest BCUT2D eigenvalue weighted by Crippen LogP contribution is 2.25. The minimum absolute atomic E-state index is 0.249. The molecule has 10 heteroatoms. The Morgan fingerprint density at radius 2 is 1.93 bits per heavy atom. The SMILES string of the molecule is COC(=O)CC(NC(=O)C1CC(=O)N(CC(F)(F)F)C1)c1ccc(F)cc1. The van der Waals surface area contributed by atoms with Crippen LogP contribution in [-0.4, -0.2) is 49.1 Å². The minimum atomic E-state index is -4.55. The summed E-state index contributed by atoms with van der Waals surface area (Å²) in [4.78, 5) is 36.3. The first-order valence-corrected chi connectivity index (χ1v) is 8.06.